The second kappa shape index (κ2) is 12.8. The summed E-state index contributed by atoms with van der Waals surface area (Å²) >= 11 is 0. The van der Waals surface area contributed by atoms with Crippen molar-refractivity contribution in [2.24, 2.45) is 10.9 Å². The van der Waals surface area contributed by atoms with Gasteiger partial charge in [-0.15, -0.1) is 0 Å². The fourth-order valence-corrected chi connectivity index (χ4v) is 9.49. The predicted molar refractivity (Wildman–Crippen MR) is 232 cm³/mol. The van der Waals surface area contributed by atoms with Crippen LogP contribution in [0.15, 0.2) is 178 Å². The third-order valence-corrected chi connectivity index (χ3v) is 12.2. The molecule has 0 bridgehead atoms. The van der Waals surface area contributed by atoms with E-state index in [1.165, 1.54) is 21.8 Å². The van der Waals surface area contributed by atoms with Gasteiger partial charge >= 0.3 is 0 Å². The van der Waals surface area contributed by atoms with Crippen LogP contribution in [-0.2, 0) is 6.42 Å². The van der Waals surface area contributed by atoms with E-state index in [-0.39, 0.29) is 18.4 Å². The molecule has 0 saturated heterocycles. The molecule has 3 aliphatic rings. The van der Waals surface area contributed by atoms with E-state index < -0.39 is 0 Å². The maximum atomic E-state index is 6.97. The van der Waals surface area contributed by atoms with Gasteiger partial charge in [0.15, 0.2) is 0 Å². The second-order valence-corrected chi connectivity index (χ2v) is 15.4. The zero-order valence-corrected chi connectivity index (χ0v) is 31.1. The molecule has 9 aromatic rings. The van der Waals surface area contributed by atoms with E-state index in [2.05, 4.69) is 179 Å². The van der Waals surface area contributed by atoms with Gasteiger partial charge in [0.05, 0.1) is 12.2 Å². The molecule has 4 atom stereocenters. The van der Waals surface area contributed by atoms with Gasteiger partial charge in [0, 0.05) is 67.0 Å². The van der Waals surface area contributed by atoms with Crippen LogP contribution in [0.5, 0.6) is 0 Å². The summed E-state index contributed by atoms with van der Waals surface area (Å²) < 4.78 is 16.0. The average molecular weight is 739 g/mol. The Kier molecular flexibility index (Phi) is 7.29. The molecule has 1 aliphatic heterocycles. The number of nitrogens with one attached hydrogen (secondary N) is 2. The summed E-state index contributed by atoms with van der Waals surface area (Å²) in [4.78, 5) is 5.25. The Bertz CT molecular complexity index is 3120. The van der Waals surface area contributed by atoms with Crippen LogP contribution in [-0.4, -0.2) is 16.6 Å². The van der Waals surface area contributed by atoms with Gasteiger partial charge in [-0.3, -0.25) is 5.32 Å². The van der Waals surface area contributed by atoms with Crippen LogP contribution in [0.2, 0.25) is 0 Å². The molecular formula is C51H38N4O2. The molecule has 2 N–H and O–H groups in total. The molecule has 0 amide bonds. The van der Waals surface area contributed by atoms with Gasteiger partial charge < -0.3 is 18.7 Å². The fraction of sp³-hybridized carbons (Fsp3) is 0.118. The number of allylic oxidation sites excluding steroid dienone is 4. The Labute approximate surface area is 329 Å². The summed E-state index contributed by atoms with van der Waals surface area (Å²) in [5.74, 6) is 2.21. The van der Waals surface area contributed by atoms with Gasteiger partial charge in [0.25, 0.3) is 0 Å². The maximum Gasteiger partial charge on any atom is 0.142 e. The summed E-state index contributed by atoms with van der Waals surface area (Å²) in [6.07, 6.45) is 14.9. The Morgan fingerprint density at radius 1 is 0.649 bits per heavy atom. The highest BCUT2D eigenvalue weighted by Crippen LogP contribution is 2.44. The monoisotopic (exact) mass is 738 g/mol. The number of para-hydroxylation sites is 3. The van der Waals surface area contributed by atoms with Crippen LogP contribution in [0.3, 0.4) is 0 Å². The molecule has 57 heavy (non-hydrogen) atoms. The minimum atomic E-state index is -0.248. The largest absolute Gasteiger partial charge is 0.460 e. The summed E-state index contributed by atoms with van der Waals surface area (Å²) in [5.41, 5.74) is 10.6. The van der Waals surface area contributed by atoms with Gasteiger partial charge in [-0.05, 0) is 47.9 Å². The first-order valence-electron chi connectivity index (χ1n) is 19.9. The Balaban J connectivity index is 0.957. The molecule has 274 valence electrons. The zero-order chi connectivity index (χ0) is 37.5. The maximum absolute atomic E-state index is 6.97. The van der Waals surface area contributed by atoms with Gasteiger partial charge in [-0.25, -0.2) is 4.99 Å². The molecule has 0 saturated carbocycles. The predicted octanol–water partition coefficient (Wildman–Crippen LogP) is 12.0. The lowest BCUT2D eigenvalue weighted by Gasteiger charge is -2.35. The molecule has 4 unspecified atom stereocenters. The highest BCUT2D eigenvalue weighted by Gasteiger charge is 2.30. The molecule has 6 heteroatoms. The smallest absolute Gasteiger partial charge is 0.142 e. The zero-order valence-electron chi connectivity index (χ0n) is 31.1. The normalized spacial score (nSPS) is 20.5. The molecule has 6 aromatic carbocycles. The summed E-state index contributed by atoms with van der Waals surface area (Å²) in [5, 5.41) is 13.4. The Hall–Kier alpha value is -6.89. The van der Waals surface area contributed by atoms with Crippen molar-refractivity contribution in [2.45, 2.75) is 31.2 Å². The van der Waals surface area contributed by atoms with E-state index in [1.54, 1.807) is 0 Å². The number of rotatable bonds is 5. The fourth-order valence-electron chi connectivity index (χ4n) is 9.49. The van der Waals surface area contributed by atoms with E-state index in [0.29, 0.717) is 5.92 Å². The number of furan rings is 2. The van der Waals surface area contributed by atoms with Crippen molar-refractivity contribution in [3.63, 3.8) is 0 Å². The third-order valence-electron chi connectivity index (χ3n) is 12.2. The minimum absolute atomic E-state index is 0.0162. The van der Waals surface area contributed by atoms with Crippen molar-refractivity contribution in [1.29, 1.82) is 0 Å². The van der Waals surface area contributed by atoms with E-state index in [1.807, 2.05) is 6.07 Å². The second-order valence-electron chi connectivity index (χ2n) is 15.4. The van der Waals surface area contributed by atoms with Gasteiger partial charge in [0.1, 0.15) is 34.5 Å². The molecule has 3 aromatic heterocycles. The van der Waals surface area contributed by atoms with Crippen LogP contribution in [0, 0.1) is 5.92 Å². The molecule has 2 aliphatic carbocycles. The Morgan fingerprint density at radius 3 is 2.25 bits per heavy atom. The standard InChI is InChI=1S/C51H38N4O2/c1-3-13-31(14-4-1)49-52-50(32-15-5-2-6-16-32)54-51(53-49)33-25-28-44-41(29-33)47-38(19-12-24-45(47)56-44)40-21-11-20-39-37-27-26-34(30-46(37)57-48(39)40)55-42-22-9-7-17-35(42)36-18-8-10-23-43(36)55/h1-15,17-29,32,34,50-51,54H,16,30H2,(H,52,53). The van der Waals surface area contributed by atoms with Crippen molar-refractivity contribution in [3.05, 3.63) is 186 Å². The highest BCUT2D eigenvalue weighted by molar-refractivity contribution is 6.15. The summed E-state index contributed by atoms with van der Waals surface area (Å²) in [6.45, 7) is 0. The first kappa shape index (κ1) is 32.4. The molecule has 0 spiro atoms. The van der Waals surface area contributed by atoms with Gasteiger partial charge in [-0.2, -0.15) is 0 Å². The number of fused-ring (bicyclic) bond motifs is 9. The van der Waals surface area contributed by atoms with Gasteiger partial charge in [-0.1, -0.05) is 140 Å². The minimum Gasteiger partial charge on any atom is -0.460 e. The topological polar surface area (TPSA) is 67.6 Å². The molecule has 0 fully saturated rings. The SMILES string of the molecule is C1=CCC(C2NC(c3ccccc3)=NC(c3ccc4oc5cccc(-c6cccc7c8c(oc67)CC(n6c7ccccc7c7ccccc76)C=C8)c5c4c3)N2)C=C1. The number of aliphatic imine (C=N–C) groups is 1. The molecule has 6 nitrogen and oxygen atoms in total. The molecule has 12 rings (SSSR count). The van der Waals surface area contributed by atoms with Crippen LogP contribution >= 0.6 is 0 Å². The number of amidine groups is 1. The van der Waals surface area contributed by atoms with Crippen LogP contribution in [0.1, 0.15) is 41.1 Å². The molecule has 4 heterocycles. The van der Waals surface area contributed by atoms with E-state index in [9.17, 15) is 0 Å². The highest BCUT2D eigenvalue weighted by atomic mass is 16.3. The van der Waals surface area contributed by atoms with E-state index in [0.717, 1.165) is 85.2 Å². The summed E-state index contributed by atoms with van der Waals surface area (Å²) in [7, 11) is 0. The van der Waals surface area contributed by atoms with E-state index in [4.69, 9.17) is 13.8 Å². The van der Waals surface area contributed by atoms with Crippen molar-refractivity contribution in [3.8, 4) is 11.1 Å². The number of benzene rings is 6. The van der Waals surface area contributed by atoms with Crippen molar-refractivity contribution in [1.82, 2.24) is 15.2 Å². The quantitative estimate of drug-likeness (QED) is 0.184. The summed E-state index contributed by atoms with van der Waals surface area (Å²) in [6, 6.07) is 47.4. The van der Waals surface area contributed by atoms with E-state index >= 15 is 0 Å². The molecular weight excluding hydrogens is 701 g/mol. The first-order chi connectivity index (χ1) is 28.2. The number of aromatic nitrogens is 1. The van der Waals surface area contributed by atoms with Crippen molar-refractivity contribution in [2.75, 3.05) is 0 Å². The third kappa shape index (κ3) is 5.18. The lowest BCUT2D eigenvalue weighted by Crippen LogP contribution is -2.54. The first-order valence-corrected chi connectivity index (χ1v) is 19.9. The number of hydrogen-bond donors (Lipinski definition) is 2. The Morgan fingerprint density at radius 2 is 1.42 bits per heavy atom. The van der Waals surface area contributed by atoms with Crippen LogP contribution < -0.4 is 10.6 Å². The van der Waals surface area contributed by atoms with Crippen molar-refractivity contribution >= 4 is 66.6 Å². The van der Waals surface area contributed by atoms with Gasteiger partial charge in [0.2, 0.25) is 0 Å². The van der Waals surface area contributed by atoms with Crippen molar-refractivity contribution < 1.29 is 8.83 Å². The molecule has 0 radical (unpaired) electrons. The lowest BCUT2D eigenvalue weighted by atomic mass is 9.94. The van der Waals surface area contributed by atoms with Crippen LogP contribution in [0.25, 0.3) is 71.9 Å². The van der Waals surface area contributed by atoms with Crippen LogP contribution in [0.4, 0.5) is 0 Å². The number of hydrogen-bond acceptors (Lipinski definition) is 5. The average Bonchev–Trinajstić information content (AvgIpc) is 3.96. The lowest BCUT2D eigenvalue weighted by molar-refractivity contribution is 0.328. The number of nitrogens with zero attached hydrogens (tertiary/aromatic N) is 2.